The van der Waals surface area contributed by atoms with Crippen LogP contribution in [0.5, 0.6) is 5.75 Å². The molecule has 0 aliphatic heterocycles. The van der Waals surface area contributed by atoms with E-state index in [9.17, 15) is 14.7 Å². The van der Waals surface area contributed by atoms with E-state index in [0.29, 0.717) is 0 Å². The third kappa shape index (κ3) is 3.00. The molecule has 0 saturated carbocycles. The highest BCUT2D eigenvalue weighted by Crippen LogP contribution is 2.28. The van der Waals surface area contributed by atoms with Gasteiger partial charge in [0.2, 0.25) is 0 Å². The van der Waals surface area contributed by atoms with E-state index in [4.69, 9.17) is 21.4 Å². The summed E-state index contributed by atoms with van der Waals surface area (Å²) in [7, 11) is 1.36. The van der Waals surface area contributed by atoms with Crippen LogP contribution in [0, 0.1) is 0 Å². The maximum absolute atomic E-state index is 11.9. The minimum atomic E-state index is -1.77. The lowest BCUT2D eigenvalue weighted by atomic mass is 9.97. The van der Waals surface area contributed by atoms with Crippen molar-refractivity contribution in [2.75, 3.05) is 13.0 Å². The fourth-order valence-electron chi connectivity index (χ4n) is 1.59. The van der Waals surface area contributed by atoms with Gasteiger partial charge in [0, 0.05) is 17.9 Å². The molecule has 1 aromatic carbocycles. The summed E-state index contributed by atoms with van der Waals surface area (Å²) in [5.41, 5.74) is 0.0764. The maximum Gasteiger partial charge on any atom is 0.337 e. The van der Waals surface area contributed by atoms with Gasteiger partial charge in [-0.05, 0) is 6.07 Å². The van der Waals surface area contributed by atoms with Crippen LogP contribution in [0.25, 0.3) is 0 Å². The van der Waals surface area contributed by atoms with Crippen LogP contribution in [0.1, 0.15) is 28.4 Å². The van der Waals surface area contributed by atoms with Crippen LogP contribution >= 0.6 is 11.6 Å². The Morgan fingerprint density at radius 2 is 2.11 bits per heavy atom. The van der Waals surface area contributed by atoms with Crippen molar-refractivity contribution in [3.63, 3.8) is 0 Å². The van der Waals surface area contributed by atoms with Gasteiger partial charge in [0.05, 0.1) is 12.7 Å². The number of rotatable bonds is 6. The van der Waals surface area contributed by atoms with Gasteiger partial charge in [-0.1, -0.05) is 12.1 Å². The first-order valence-corrected chi connectivity index (χ1v) is 5.73. The van der Waals surface area contributed by atoms with Crippen molar-refractivity contribution in [1.82, 2.24) is 0 Å². The van der Waals surface area contributed by atoms with E-state index >= 15 is 0 Å². The molecule has 0 amide bonds. The number of hydrogen-bond donors (Lipinski definition) is 2. The predicted octanol–water partition coefficient (Wildman–Crippen LogP) is 1.62. The molecule has 0 fully saturated rings. The van der Waals surface area contributed by atoms with Gasteiger partial charge in [0.15, 0.2) is 11.9 Å². The number of Topliss-reactive ketones (excluding diaryl/α,β-unsaturated/α-hetero) is 1. The molecule has 2 N–H and O–H groups in total. The van der Waals surface area contributed by atoms with Crippen molar-refractivity contribution >= 4 is 23.4 Å². The minimum Gasteiger partial charge on any atom is -0.496 e. The number of methoxy groups -OCH3 is 1. The van der Waals surface area contributed by atoms with E-state index in [2.05, 4.69) is 0 Å². The Hall–Kier alpha value is -1.59. The molecule has 1 unspecified atom stereocenters. The lowest BCUT2D eigenvalue weighted by Gasteiger charge is -2.14. The van der Waals surface area contributed by atoms with Gasteiger partial charge in [0.25, 0.3) is 0 Å². The van der Waals surface area contributed by atoms with Gasteiger partial charge in [-0.15, -0.1) is 11.6 Å². The van der Waals surface area contributed by atoms with Gasteiger partial charge < -0.3 is 14.9 Å². The number of alkyl halides is 1. The first-order chi connectivity index (χ1) is 8.52. The van der Waals surface area contributed by atoms with Crippen molar-refractivity contribution in [2.45, 2.75) is 12.5 Å². The van der Waals surface area contributed by atoms with Crippen LogP contribution in [0.2, 0.25) is 0 Å². The van der Waals surface area contributed by atoms with Crippen molar-refractivity contribution < 1.29 is 24.5 Å². The number of carboxylic acids is 1. The molecule has 6 heteroatoms. The highest BCUT2D eigenvalue weighted by atomic mass is 35.5. The number of aliphatic hydroxyl groups is 1. The molecule has 1 aromatic rings. The lowest BCUT2D eigenvalue weighted by Crippen LogP contribution is -2.16. The van der Waals surface area contributed by atoms with Crippen molar-refractivity contribution in [1.29, 1.82) is 0 Å². The Kier molecular flexibility index (Phi) is 5.12. The third-order valence-electron chi connectivity index (χ3n) is 2.41. The zero-order valence-corrected chi connectivity index (χ0v) is 10.5. The topological polar surface area (TPSA) is 83.8 Å². The van der Waals surface area contributed by atoms with Gasteiger partial charge in [0.1, 0.15) is 5.75 Å². The smallest absolute Gasteiger partial charge is 0.337 e. The molecule has 0 aliphatic carbocycles. The normalized spacial score (nSPS) is 11.9. The Morgan fingerprint density at radius 1 is 1.44 bits per heavy atom. The molecule has 0 bridgehead atoms. The number of ether oxygens (including phenoxy) is 1. The second-order valence-electron chi connectivity index (χ2n) is 3.53. The number of benzene rings is 1. The van der Waals surface area contributed by atoms with Crippen molar-refractivity contribution in [3.8, 4) is 5.75 Å². The largest absolute Gasteiger partial charge is 0.496 e. The molecule has 0 heterocycles. The van der Waals surface area contributed by atoms with Gasteiger partial charge in [-0.25, -0.2) is 4.79 Å². The van der Waals surface area contributed by atoms with Crippen LogP contribution in [0.15, 0.2) is 18.2 Å². The van der Waals surface area contributed by atoms with Crippen LogP contribution in [0.4, 0.5) is 0 Å². The summed E-state index contributed by atoms with van der Waals surface area (Å²) in [5.74, 6) is -1.46. The number of ketones is 1. The molecule has 18 heavy (non-hydrogen) atoms. The minimum absolute atomic E-state index is 0.0111. The molecule has 0 spiro atoms. The SMILES string of the molecule is COc1cccc(C(O)C(=O)O)c1C(=O)CCCl. The Balaban J connectivity index is 3.33. The molecule has 0 aliphatic rings. The molecule has 0 radical (unpaired) electrons. The van der Waals surface area contributed by atoms with E-state index in [1.54, 1.807) is 0 Å². The van der Waals surface area contributed by atoms with Gasteiger partial charge >= 0.3 is 5.97 Å². The van der Waals surface area contributed by atoms with Gasteiger partial charge in [-0.2, -0.15) is 0 Å². The molecular formula is C12H13ClO5. The fraction of sp³-hybridized carbons (Fsp3) is 0.333. The van der Waals surface area contributed by atoms with E-state index in [0.717, 1.165) is 0 Å². The monoisotopic (exact) mass is 272 g/mol. The zero-order valence-electron chi connectivity index (χ0n) is 9.72. The predicted molar refractivity (Wildman–Crippen MR) is 65.3 cm³/mol. The molecule has 1 rings (SSSR count). The van der Waals surface area contributed by atoms with Gasteiger partial charge in [-0.3, -0.25) is 4.79 Å². The zero-order chi connectivity index (χ0) is 13.7. The molecular weight excluding hydrogens is 260 g/mol. The number of carbonyl (C=O) groups excluding carboxylic acids is 1. The summed E-state index contributed by atoms with van der Waals surface area (Å²) < 4.78 is 5.02. The highest BCUT2D eigenvalue weighted by molar-refractivity contribution is 6.19. The number of carboxylic acid groups (broad SMARTS) is 1. The standard InChI is InChI=1S/C12H13ClO5/c1-18-9-4-2-3-7(11(15)12(16)17)10(9)8(14)5-6-13/h2-4,11,15H,5-6H2,1H3,(H,16,17). The summed E-state index contributed by atoms with van der Waals surface area (Å²) in [5, 5.41) is 18.4. The lowest BCUT2D eigenvalue weighted by molar-refractivity contribution is -0.146. The van der Waals surface area contributed by atoms with Crippen LogP contribution < -0.4 is 4.74 Å². The molecule has 1 atom stereocenters. The second kappa shape index (κ2) is 6.37. The summed E-state index contributed by atoms with van der Waals surface area (Å²) in [6.07, 6.45) is -1.73. The van der Waals surface area contributed by atoms with E-state index in [-0.39, 0.29) is 35.0 Å². The summed E-state index contributed by atoms with van der Waals surface area (Å²) in [6, 6.07) is 4.42. The van der Waals surface area contributed by atoms with Crippen LogP contribution in [-0.2, 0) is 4.79 Å². The Morgan fingerprint density at radius 3 is 2.61 bits per heavy atom. The highest BCUT2D eigenvalue weighted by Gasteiger charge is 2.25. The van der Waals surface area contributed by atoms with Crippen molar-refractivity contribution in [2.24, 2.45) is 0 Å². The van der Waals surface area contributed by atoms with E-state index in [1.165, 1.54) is 25.3 Å². The fourth-order valence-corrected chi connectivity index (χ4v) is 1.76. The number of aliphatic hydroxyl groups excluding tert-OH is 1. The Labute approximate surface area is 109 Å². The molecule has 5 nitrogen and oxygen atoms in total. The number of halogens is 1. The first kappa shape index (κ1) is 14.5. The van der Waals surface area contributed by atoms with Crippen LogP contribution in [0.3, 0.4) is 0 Å². The molecule has 0 saturated heterocycles. The summed E-state index contributed by atoms with van der Waals surface area (Å²) >= 11 is 5.50. The number of aliphatic carboxylic acids is 1. The summed E-state index contributed by atoms with van der Waals surface area (Å²) in [6.45, 7) is 0. The quantitative estimate of drug-likeness (QED) is 0.607. The average Bonchev–Trinajstić information content (AvgIpc) is 2.36. The summed E-state index contributed by atoms with van der Waals surface area (Å²) in [4.78, 5) is 22.7. The first-order valence-electron chi connectivity index (χ1n) is 5.19. The average molecular weight is 273 g/mol. The molecule has 98 valence electrons. The maximum atomic E-state index is 11.9. The van der Waals surface area contributed by atoms with E-state index in [1.807, 2.05) is 0 Å². The Bertz CT molecular complexity index is 458. The number of carbonyl (C=O) groups is 2. The van der Waals surface area contributed by atoms with Crippen molar-refractivity contribution in [3.05, 3.63) is 29.3 Å². The third-order valence-corrected chi connectivity index (χ3v) is 2.60. The second-order valence-corrected chi connectivity index (χ2v) is 3.91. The van der Waals surface area contributed by atoms with Crippen LogP contribution in [-0.4, -0.2) is 35.0 Å². The van der Waals surface area contributed by atoms with E-state index < -0.39 is 12.1 Å². The number of hydrogen-bond acceptors (Lipinski definition) is 4. The molecule has 0 aromatic heterocycles.